The summed E-state index contributed by atoms with van der Waals surface area (Å²) in [5.41, 5.74) is 5.81. The normalized spacial score (nSPS) is 10.7. The van der Waals surface area contributed by atoms with Crippen molar-refractivity contribution in [3.05, 3.63) is 83.1 Å². The molecular weight excluding hydrogens is 480 g/mol. The van der Waals surface area contributed by atoms with E-state index in [2.05, 4.69) is 31.1 Å². The van der Waals surface area contributed by atoms with Crippen molar-refractivity contribution in [2.75, 3.05) is 19.6 Å². The van der Waals surface area contributed by atoms with Gasteiger partial charge in [-0.2, -0.15) is 9.78 Å². The van der Waals surface area contributed by atoms with Crippen molar-refractivity contribution in [2.45, 2.75) is 6.54 Å². The molecule has 2 heterocycles. The second-order valence-corrected chi connectivity index (χ2v) is 7.91. The van der Waals surface area contributed by atoms with Crippen molar-refractivity contribution < 1.29 is 14.2 Å². The fraction of sp³-hybridized carbons (Fsp3) is 0.125. The first-order valence-electron chi connectivity index (χ1n) is 10.9. The Balaban J connectivity index is 1.36. The summed E-state index contributed by atoms with van der Waals surface area (Å²) < 4.78 is 20.7. The topological polar surface area (TPSA) is 117 Å². The van der Waals surface area contributed by atoms with Crippen molar-refractivity contribution >= 4 is 12.2 Å². The Labute approximate surface area is 211 Å². The van der Waals surface area contributed by atoms with Crippen molar-refractivity contribution in [1.29, 1.82) is 0 Å². The lowest BCUT2D eigenvalue weighted by atomic mass is 10.2. The Morgan fingerprint density at radius 1 is 0.917 bits per heavy atom. The number of tetrazole rings is 1. The average Bonchev–Trinajstić information content (AvgIpc) is 3.54. The van der Waals surface area contributed by atoms with Gasteiger partial charge >= 0.3 is 6.01 Å². The molecule has 0 spiro atoms. The van der Waals surface area contributed by atoms with Crippen LogP contribution in [0.2, 0.25) is 0 Å². The SMILES string of the molecule is COc1cc(CNn2c(-c3ccccc3OC)n[nH]c2=S)ccc1Oc1nnnn1-c1ccccc1. The van der Waals surface area contributed by atoms with E-state index in [0.29, 0.717) is 34.4 Å². The summed E-state index contributed by atoms with van der Waals surface area (Å²) in [6.45, 7) is 0.439. The summed E-state index contributed by atoms with van der Waals surface area (Å²) in [4.78, 5) is 0. The predicted molar refractivity (Wildman–Crippen MR) is 135 cm³/mol. The molecular formula is C24H22N8O3S. The van der Waals surface area contributed by atoms with Gasteiger partial charge in [-0.15, -0.1) is 0 Å². The van der Waals surface area contributed by atoms with Gasteiger partial charge in [0.1, 0.15) is 5.75 Å². The van der Waals surface area contributed by atoms with E-state index in [4.69, 9.17) is 26.4 Å². The number of rotatable bonds is 9. The predicted octanol–water partition coefficient (Wildman–Crippen LogP) is 4.14. The zero-order valence-electron chi connectivity index (χ0n) is 19.5. The Bertz CT molecular complexity index is 1530. The van der Waals surface area contributed by atoms with Crippen LogP contribution in [0.1, 0.15) is 5.56 Å². The van der Waals surface area contributed by atoms with Crippen LogP contribution in [0.3, 0.4) is 0 Å². The number of nitrogens with zero attached hydrogens (tertiary/aromatic N) is 6. The number of hydrogen-bond donors (Lipinski definition) is 2. The first-order chi connectivity index (χ1) is 17.7. The fourth-order valence-electron chi connectivity index (χ4n) is 3.60. The third-order valence-electron chi connectivity index (χ3n) is 5.33. The van der Waals surface area contributed by atoms with Gasteiger partial charge in [0.2, 0.25) is 4.77 Å². The third kappa shape index (κ3) is 4.61. The van der Waals surface area contributed by atoms with E-state index in [0.717, 1.165) is 16.8 Å². The molecule has 0 amide bonds. The summed E-state index contributed by atoms with van der Waals surface area (Å²) in [5.74, 6) is 2.30. The fourth-order valence-corrected chi connectivity index (χ4v) is 3.80. The van der Waals surface area contributed by atoms with E-state index in [-0.39, 0.29) is 6.01 Å². The molecule has 0 saturated carbocycles. The minimum absolute atomic E-state index is 0.219. The van der Waals surface area contributed by atoms with E-state index in [1.807, 2.05) is 66.7 Å². The van der Waals surface area contributed by atoms with Crippen LogP contribution in [0, 0.1) is 4.77 Å². The summed E-state index contributed by atoms with van der Waals surface area (Å²) in [6.07, 6.45) is 0. The summed E-state index contributed by atoms with van der Waals surface area (Å²) in [5, 5.41) is 18.9. The van der Waals surface area contributed by atoms with Gasteiger partial charge in [0.05, 0.1) is 32.0 Å². The number of H-pyrrole nitrogens is 1. The van der Waals surface area contributed by atoms with Crippen molar-refractivity contribution in [3.8, 4) is 40.3 Å². The lowest BCUT2D eigenvalue weighted by Gasteiger charge is -2.14. The first kappa shape index (κ1) is 23.1. The Hall–Kier alpha value is -4.71. The number of aromatic amines is 1. The standard InChI is InChI=1S/C24H22N8O3S/c1-33-19-11-7-6-10-18(19)22-26-28-24(36)32(22)25-15-16-12-13-20(21(14-16)34-2)35-23-27-29-30-31(23)17-8-4-3-5-9-17/h3-14,25H,15H2,1-2H3,(H,28,36). The molecule has 0 atom stereocenters. The quantitative estimate of drug-likeness (QED) is 0.287. The van der Waals surface area contributed by atoms with Crippen molar-refractivity contribution in [3.63, 3.8) is 0 Å². The first-order valence-corrected chi connectivity index (χ1v) is 11.3. The number of para-hydroxylation sites is 2. The Kier molecular flexibility index (Phi) is 6.58. The van der Waals surface area contributed by atoms with Gasteiger partial charge in [0.15, 0.2) is 17.3 Å². The molecule has 5 aromatic rings. The van der Waals surface area contributed by atoms with Crippen LogP contribution in [0.4, 0.5) is 0 Å². The zero-order chi connectivity index (χ0) is 24.9. The number of hydrogen-bond acceptors (Lipinski definition) is 9. The van der Waals surface area contributed by atoms with Crippen molar-refractivity contribution in [1.82, 2.24) is 35.1 Å². The molecule has 11 nitrogen and oxygen atoms in total. The molecule has 2 N–H and O–H groups in total. The molecule has 0 fully saturated rings. The lowest BCUT2D eigenvalue weighted by Crippen LogP contribution is -2.16. The van der Waals surface area contributed by atoms with E-state index in [1.165, 1.54) is 4.68 Å². The highest BCUT2D eigenvalue weighted by molar-refractivity contribution is 7.71. The third-order valence-corrected chi connectivity index (χ3v) is 5.61. The molecule has 12 heteroatoms. The average molecular weight is 503 g/mol. The largest absolute Gasteiger partial charge is 0.496 e. The monoisotopic (exact) mass is 502 g/mol. The Morgan fingerprint density at radius 3 is 2.50 bits per heavy atom. The number of nitrogens with one attached hydrogen (secondary N) is 2. The van der Waals surface area contributed by atoms with Crippen LogP contribution in [0.5, 0.6) is 23.3 Å². The van der Waals surface area contributed by atoms with Gasteiger partial charge in [-0.05, 0) is 64.6 Å². The number of benzene rings is 3. The molecule has 5 rings (SSSR count). The summed E-state index contributed by atoms with van der Waals surface area (Å²) in [6, 6.07) is 22.9. The highest BCUT2D eigenvalue weighted by Gasteiger charge is 2.16. The van der Waals surface area contributed by atoms with Crippen molar-refractivity contribution in [2.24, 2.45) is 0 Å². The smallest absolute Gasteiger partial charge is 0.346 e. The maximum Gasteiger partial charge on any atom is 0.346 e. The van der Waals surface area contributed by atoms with Gasteiger partial charge in [-0.3, -0.25) is 0 Å². The van der Waals surface area contributed by atoms with Gasteiger partial charge in [-0.1, -0.05) is 41.5 Å². The minimum Gasteiger partial charge on any atom is -0.496 e. The molecule has 0 radical (unpaired) electrons. The molecule has 0 unspecified atom stereocenters. The molecule has 36 heavy (non-hydrogen) atoms. The number of ether oxygens (including phenoxy) is 3. The highest BCUT2D eigenvalue weighted by atomic mass is 32.1. The summed E-state index contributed by atoms with van der Waals surface area (Å²) >= 11 is 5.43. The van der Waals surface area contributed by atoms with Gasteiger partial charge in [-0.25, -0.2) is 9.77 Å². The van der Waals surface area contributed by atoms with Crippen LogP contribution < -0.4 is 19.6 Å². The van der Waals surface area contributed by atoms with E-state index in [9.17, 15) is 0 Å². The molecule has 2 aromatic heterocycles. The van der Waals surface area contributed by atoms with Crippen LogP contribution >= 0.6 is 12.2 Å². The van der Waals surface area contributed by atoms with Crippen LogP contribution in [0.25, 0.3) is 17.1 Å². The minimum atomic E-state index is 0.219. The molecule has 3 aromatic carbocycles. The molecule has 182 valence electrons. The number of aromatic nitrogens is 7. The van der Waals surface area contributed by atoms with Gasteiger partial charge in [0, 0.05) is 0 Å². The summed E-state index contributed by atoms with van der Waals surface area (Å²) in [7, 11) is 3.19. The Morgan fingerprint density at radius 2 is 1.69 bits per heavy atom. The van der Waals surface area contributed by atoms with Crippen LogP contribution in [-0.4, -0.2) is 49.3 Å². The highest BCUT2D eigenvalue weighted by Crippen LogP contribution is 2.32. The maximum absolute atomic E-state index is 5.98. The molecule has 0 aliphatic rings. The second-order valence-electron chi connectivity index (χ2n) is 7.52. The van der Waals surface area contributed by atoms with Gasteiger partial charge < -0.3 is 19.6 Å². The van der Waals surface area contributed by atoms with E-state index < -0.39 is 0 Å². The zero-order valence-corrected chi connectivity index (χ0v) is 20.3. The van der Waals surface area contributed by atoms with Crippen LogP contribution in [-0.2, 0) is 6.54 Å². The van der Waals surface area contributed by atoms with E-state index >= 15 is 0 Å². The van der Waals surface area contributed by atoms with Gasteiger partial charge in [0.25, 0.3) is 0 Å². The molecule has 0 aliphatic carbocycles. The maximum atomic E-state index is 5.98. The lowest BCUT2D eigenvalue weighted by molar-refractivity contribution is 0.363. The number of methoxy groups -OCH3 is 2. The molecule has 0 aliphatic heterocycles. The molecule has 0 saturated heterocycles. The molecule has 0 bridgehead atoms. The van der Waals surface area contributed by atoms with E-state index in [1.54, 1.807) is 25.0 Å². The second kappa shape index (κ2) is 10.3. The van der Waals surface area contributed by atoms with Crippen LogP contribution in [0.15, 0.2) is 72.8 Å².